The molecule has 260 valence electrons. The average molecular weight is 667 g/mol. The maximum atomic E-state index is 14.8. The minimum Gasteiger partial charge on any atom is -0.444 e. The maximum absolute atomic E-state index is 14.8. The van der Waals surface area contributed by atoms with Crippen molar-refractivity contribution in [1.82, 2.24) is 20.4 Å². The summed E-state index contributed by atoms with van der Waals surface area (Å²) in [6.45, 7) is 8.30. The lowest BCUT2D eigenvalue weighted by Crippen LogP contribution is -2.69. The molecular weight excluding hydrogens is 612 g/mol. The third kappa shape index (κ3) is 11.4. The molecule has 1 unspecified atom stereocenters. The van der Waals surface area contributed by atoms with Crippen LogP contribution in [-0.4, -0.2) is 84.0 Å². The first-order valence-electron chi connectivity index (χ1n) is 16.6. The van der Waals surface area contributed by atoms with Gasteiger partial charge in [-0.1, -0.05) is 57.0 Å². The summed E-state index contributed by atoms with van der Waals surface area (Å²) in [7, 11) is 0. The molecule has 0 aromatic heterocycles. The van der Waals surface area contributed by atoms with E-state index in [1.54, 1.807) is 0 Å². The predicted molar refractivity (Wildman–Crippen MR) is 179 cm³/mol. The van der Waals surface area contributed by atoms with Crippen LogP contribution in [0.1, 0.15) is 97.0 Å². The molecule has 3 amide bonds. The second-order valence-corrected chi connectivity index (χ2v) is 12.1. The number of ether oxygens (including phenoxy) is 3. The minimum atomic E-state index is -1.01. The van der Waals surface area contributed by atoms with Gasteiger partial charge in [-0.15, -0.1) is 12.4 Å². The zero-order valence-electron chi connectivity index (χ0n) is 27.8. The number of carbonyl (C=O) groups excluding carboxylic acids is 3. The first kappa shape index (κ1) is 39.2. The van der Waals surface area contributed by atoms with Gasteiger partial charge in [0.2, 0.25) is 11.8 Å². The number of hydrogen-bond donors (Lipinski definition) is 4. The molecular formula is C33H55ClN6O6. The summed E-state index contributed by atoms with van der Waals surface area (Å²) in [6.07, 6.45) is 5.98. The van der Waals surface area contributed by atoms with Crippen molar-refractivity contribution in [3.8, 4) is 0 Å². The molecule has 2 aliphatic heterocycles. The van der Waals surface area contributed by atoms with Crippen molar-refractivity contribution in [3.63, 3.8) is 0 Å². The van der Waals surface area contributed by atoms with Crippen molar-refractivity contribution < 1.29 is 28.6 Å². The fourth-order valence-electron chi connectivity index (χ4n) is 5.99. The van der Waals surface area contributed by atoms with Crippen LogP contribution in [0.15, 0.2) is 30.3 Å². The van der Waals surface area contributed by atoms with E-state index in [2.05, 4.69) is 24.5 Å². The van der Waals surface area contributed by atoms with Crippen molar-refractivity contribution in [2.75, 3.05) is 26.3 Å². The van der Waals surface area contributed by atoms with Crippen molar-refractivity contribution in [1.29, 1.82) is 5.41 Å². The highest BCUT2D eigenvalue weighted by Crippen LogP contribution is 2.33. The SMILES string of the molecule is CCCCOC(OCCCC)[C@H](CCCNC(=N)N)N(C(=O)[C@@H]1CCC(=O)N1C(=O)OCc1ccccc1)C1(C)CCCCN1.Cl. The van der Waals surface area contributed by atoms with Gasteiger partial charge in [-0.05, 0) is 70.4 Å². The van der Waals surface area contributed by atoms with Crippen LogP contribution < -0.4 is 16.4 Å². The van der Waals surface area contributed by atoms with Gasteiger partial charge < -0.3 is 30.2 Å². The number of benzene rings is 1. The first-order chi connectivity index (χ1) is 21.7. The molecule has 0 saturated carbocycles. The van der Waals surface area contributed by atoms with Gasteiger partial charge >= 0.3 is 6.09 Å². The minimum absolute atomic E-state index is 0. The Morgan fingerprint density at radius 3 is 2.39 bits per heavy atom. The van der Waals surface area contributed by atoms with E-state index < -0.39 is 36.0 Å². The van der Waals surface area contributed by atoms with Gasteiger partial charge in [-0.2, -0.15) is 0 Å². The first-order valence-corrected chi connectivity index (χ1v) is 16.6. The molecule has 1 aromatic carbocycles. The number of rotatable bonds is 18. The highest BCUT2D eigenvalue weighted by atomic mass is 35.5. The van der Waals surface area contributed by atoms with Gasteiger partial charge in [-0.25, -0.2) is 9.69 Å². The molecule has 1 aromatic rings. The Labute approximate surface area is 280 Å². The molecule has 2 fully saturated rings. The number of piperidine rings is 1. The number of hydrogen-bond acceptors (Lipinski definition) is 8. The van der Waals surface area contributed by atoms with Crippen molar-refractivity contribution >= 4 is 36.3 Å². The van der Waals surface area contributed by atoms with Gasteiger partial charge in [-0.3, -0.25) is 20.3 Å². The lowest BCUT2D eigenvalue weighted by Gasteiger charge is -2.51. The highest BCUT2D eigenvalue weighted by Gasteiger charge is 2.50. The van der Waals surface area contributed by atoms with Gasteiger partial charge in [0.1, 0.15) is 12.6 Å². The second-order valence-electron chi connectivity index (χ2n) is 12.1. The maximum Gasteiger partial charge on any atom is 0.417 e. The van der Waals surface area contributed by atoms with E-state index in [-0.39, 0.29) is 43.7 Å². The zero-order valence-corrected chi connectivity index (χ0v) is 28.6. The van der Waals surface area contributed by atoms with Crippen LogP contribution >= 0.6 is 12.4 Å². The zero-order chi connectivity index (χ0) is 32.7. The standard InChI is InChI=1S/C33H54N6O6.ClH/c1-4-6-22-43-30(44-23-7-5-2)27(16-13-20-36-31(34)35)39(33(3)19-11-12-21-37-33)29(41)26-17-18-28(40)38(26)32(42)45-24-25-14-9-8-10-15-25;/h8-10,14-15,26-27,30,37H,4-7,11-13,16-24H2,1-3H3,(H4,34,35,36);1H/t26-,27-,33?;/m0./s1. The van der Waals surface area contributed by atoms with Crippen molar-refractivity contribution in [2.45, 2.75) is 122 Å². The lowest BCUT2D eigenvalue weighted by atomic mass is 9.93. The molecule has 0 aliphatic carbocycles. The molecule has 3 rings (SSSR count). The van der Waals surface area contributed by atoms with Crippen LogP contribution in [0.4, 0.5) is 4.79 Å². The predicted octanol–water partition coefficient (Wildman–Crippen LogP) is 4.65. The molecule has 13 heteroatoms. The summed E-state index contributed by atoms with van der Waals surface area (Å²) in [5, 5.41) is 14.0. The number of carbonyl (C=O) groups is 3. The number of likely N-dealkylation sites (tertiary alicyclic amines) is 1. The third-order valence-electron chi connectivity index (χ3n) is 8.46. The number of halogens is 1. The smallest absolute Gasteiger partial charge is 0.417 e. The summed E-state index contributed by atoms with van der Waals surface area (Å²) < 4.78 is 18.3. The average Bonchev–Trinajstić information content (AvgIpc) is 3.42. The topological polar surface area (TPSA) is 159 Å². The van der Waals surface area contributed by atoms with E-state index in [9.17, 15) is 14.4 Å². The summed E-state index contributed by atoms with van der Waals surface area (Å²) >= 11 is 0. The number of nitrogens with one attached hydrogen (secondary N) is 3. The van der Waals surface area contributed by atoms with E-state index in [0.717, 1.165) is 55.5 Å². The van der Waals surface area contributed by atoms with E-state index in [4.69, 9.17) is 25.4 Å². The quantitative estimate of drug-likeness (QED) is 0.0757. The van der Waals surface area contributed by atoms with Crippen LogP contribution in [0.5, 0.6) is 0 Å². The molecule has 2 aliphatic rings. The Bertz CT molecular complexity index is 1080. The van der Waals surface area contributed by atoms with Crippen LogP contribution in [-0.2, 0) is 30.4 Å². The molecule has 3 atom stereocenters. The summed E-state index contributed by atoms with van der Waals surface area (Å²) in [6, 6.07) is 7.69. The molecule has 2 heterocycles. The van der Waals surface area contributed by atoms with Gasteiger partial charge in [0, 0.05) is 26.2 Å². The monoisotopic (exact) mass is 666 g/mol. The lowest BCUT2D eigenvalue weighted by molar-refractivity contribution is -0.202. The molecule has 46 heavy (non-hydrogen) atoms. The van der Waals surface area contributed by atoms with E-state index in [0.29, 0.717) is 39.0 Å². The fraction of sp³-hybridized carbons (Fsp3) is 0.697. The highest BCUT2D eigenvalue weighted by molar-refractivity contribution is 6.00. The Morgan fingerprint density at radius 2 is 1.80 bits per heavy atom. The number of nitrogens with two attached hydrogens (primary N) is 1. The summed E-state index contributed by atoms with van der Waals surface area (Å²) in [5.41, 5.74) is 5.57. The molecule has 2 saturated heterocycles. The molecule has 0 radical (unpaired) electrons. The fourth-order valence-corrected chi connectivity index (χ4v) is 5.99. The number of imide groups is 1. The number of guanidine groups is 1. The second kappa shape index (κ2) is 20.3. The van der Waals surface area contributed by atoms with Crippen molar-refractivity contribution in [2.24, 2.45) is 5.73 Å². The number of amides is 3. The van der Waals surface area contributed by atoms with E-state index >= 15 is 0 Å². The number of unbranched alkanes of at least 4 members (excludes halogenated alkanes) is 2. The molecule has 0 bridgehead atoms. The molecule has 5 N–H and O–H groups in total. The van der Waals surface area contributed by atoms with Crippen LogP contribution in [0.25, 0.3) is 0 Å². The van der Waals surface area contributed by atoms with Crippen molar-refractivity contribution in [3.05, 3.63) is 35.9 Å². The number of nitrogens with zero attached hydrogens (tertiary/aromatic N) is 2. The summed E-state index contributed by atoms with van der Waals surface area (Å²) in [4.78, 5) is 44.1. The Morgan fingerprint density at radius 1 is 1.13 bits per heavy atom. The summed E-state index contributed by atoms with van der Waals surface area (Å²) in [5.74, 6) is -0.878. The third-order valence-corrected chi connectivity index (χ3v) is 8.46. The Balaban J connectivity index is 0.00000736. The normalized spacial score (nSPS) is 20.2. The van der Waals surface area contributed by atoms with Crippen LogP contribution in [0.2, 0.25) is 0 Å². The van der Waals surface area contributed by atoms with Crippen LogP contribution in [0, 0.1) is 5.41 Å². The Kier molecular flexibility index (Phi) is 17.4. The van der Waals surface area contributed by atoms with Gasteiger partial charge in [0.15, 0.2) is 12.2 Å². The molecule has 0 spiro atoms. The van der Waals surface area contributed by atoms with Gasteiger partial charge in [0.05, 0.1) is 11.7 Å². The Hall–Kier alpha value is -2.93. The molecule has 12 nitrogen and oxygen atoms in total. The van der Waals surface area contributed by atoms with E-state index in [1.807, 2.05) is 42.2 Å². The van der Waals surface area contributed by atoms with Crippen LogP contribution in [0.3, 0.4) is 0 Å². The largest absolute Gasteiger partial charge is 0.444 e. The van der Waals surface area contributed by atoms with Gasteiger partial charge in [0.25, 0.3) is 0 Å². The van der Waals surface area contributed by atoms with E-state index in [1.165, 1.54) is 0 Å².